The third-order valence-electron chi connectivity index (χ3n) is 5.94. The quantitative estimate of drug-likeness (QED) is 0.622. The molecule has 6 nitrogen and oxygen atoms in total. The Labute approximate surface area is 191 Å². The van der Waals surface area contributed by atoms with Gasteiger partial charge in [-0.3, -0.25) is 0 Å². The topological polar surface area (TPSA) is 66.0 Å². The van der Waals surface area contributed by atoms with E-state index in [9.17, 15) is 4.79 Å². The first kappa shape index (κ1) is 23.9. The Kier molecular flexibility index (Phi) is 7.31. The molecule has 1 N–H and O–H groups in total. The van der Waals surface area contributed by atoms with E-state index in [0.717, 1.165) is 27.9 Å². The van der Waals surface area contributed by atoms with Crippen LogP contribution in [0.4, 0.5) is 4.79 Å². The van der Waals surface area contributed by atoms with Gasteiger partial charge in [0, 0.05) is 12.1 Å². The van der Waals surface area contributed by atoms with Gasteiger partial charge in [-0.15, -0.1) is 0 Å². The second-order valence-electron chi connectivity index (χ2n) is 8.97. The van der Waals surface area contributed by atoms with E-state index >= 15 is 0 Å². The Morgan fingerprint density at radius 2 is 1.72 bits per heavy atom. The minimum Gasteiger partial charge on any atom is -0.496 e. The van der Waals surface area contributed by atoms with Crippen molar-refractivity contribution in [3.8, 4) is 5.75 Å². The van der Waals surface area contributed by atoms with E-state index in [4.69, 9.17) is 18.8 Å². The zero-order valence-electron chi connectivity index (χ0n) is 19.7. The predicted octanol–water partition coefficient (Wildman–Crippen LogP) is 4.94. The molecule has 0 saturated carbocycles. The van der Waals surface area contributed by atoms with Crippen LogP contribution in [0.25, 0.3) is 6.08 Å². The molecule has 3 rings (SSSR count). The number of carbonyl (C=O) groups excluding carboxylic acids is 1. The summed E-state index contributed by atoms with van der Waals surface area (Å²) < 4.78 is 23.4. The van der Waals surface area contributed by atoms with Gasteiger partial charge in [-0.1, -0.05) is 48.5 Å². The fraction of sp³-hybridized carbons (Fsp3) is 0.400. The van der Waals surface area contributed by atoms with Gasteiger partial charge in [0.15, 0.2) is 0 Å². The molecule has 1 heterocycles. The van der Waals surface area contributed by atoms with Crippen molar-refractivity contribution in [1.82, 2.24) is 5.32 Å². The molecule has 1 fully saturated rings. The number of hydrogen-bond donors (Lipinski definition) is 1. The molecule has 7 heteroatoms. The molecule has 1 amide bonds. The van der Waals surface area contributed by atoms with Crippen molar-refractivity contribution in [2.45, 2.75) is 52.4 Å². The highest BCUT2D eigenvalue weighted by Crippen LogP contribution is 2.39. The summed E-state index contributed by atoms with van der Waals surface area (Å²) in [6.45, 7) is 10.4. The van der Waals surface area contributed by atoms with Gasteiger partial charge >= 0.3 is 13.2 Å². The van der Waals surface area contributed by atoms with Crippen LogP contribution in [0.2, 0.25) is 0 Å². The highest BCUT2D eigenvalue weighted by molar-refractivity contribution is 6.56. The van der Waals surface area contributed by atoms with Crippen molar-refractivity contribution in [3.05, 3.63) is 70.7 Å². The van der Waals surface area contributed by atoms with Gasteiger partial charge in [-0.25, -0.2) is 4.79 Å². The van der Waals surface area contributed by atoms with Crippen LogP contribution in [0.5, 0.6) is 5.75 Å². The summed E-state index contributed by atoms with van der Waals surface area (Å²) in [5, 5.41) is 2.82. The first-order chi connectivity index (χ1) is 15.1. The first-order valence-corrected chi connectivity index (χ1v) is 10.8. The van der Waals surface area contributed by atoms with Gasteiger partial charge in [0.1, 0.15) is 12.4 Å². The van der Waals surface area contributed by atoms with Gasteiger partial charge in [0.2, 0.25) is 0 Å². The first-order valence-electron chi connectivity index (χ1n) is 10.8. The summed E-state index contributed by atoms with van der Waals surface area (Å²) in [5.74, 6) is 0.741. The number of carbonyl (C=O) groups is 1. The van der Waals surface area contributed by atoms with Gasteiger partial charge in [0.05, 0.1) is 18.3 Å². The van der Waals surface area contributed by atoms with Crippen molar-refractivity contribution in [2.24, 2.45) is 0 Å². The zero-order chi connectivity index (χ0) is 23.4. The molecule has 1 aliphatic heterocycles. The number of amides is 1. The zero-order valence-corrected chi connectivity index (χ0v) is 19.7. The second kappa shape index (κ2) is 9.80. The lowest BCUT2D eigenvalue weighted by Crippen LogP contribution is -2.41. The SMILES string of the molecule is COc1cc(C)ccc1C=C(CNC(=O)OCc1ccccc1)B1OC(C)(C)C(C)(C)O1. The van der Waals surface area contributed by atoms with Crippen molar-refractivity contribution in [3.63, 3.8) is 0 Å². The van der Waals surface area contributed by atoms with E-state index in [2.05, 4.69) is 5.32 Å². The average molecular weight is 437 g/mol. The smallest absolute Gasteiger partial charge is 0.492 e. The molecule has 0 unspecified atom stereocenters. The number of ether oxygens (including phenoxy) is 2. The fourth-order valence-electron chi connectivity index (χ4n) is 3.28. The summed E-state index contributed by atoms with van der Waals surface area (Å²) >= 11 is 0. The number of hydrogen-bond acceptors (Lipinski definition) is 5. The number of rotatable bonds is 7. The van der Waals surface area contributed by atoms with Gasteiger partial charge in [-0.2, -0.15) is 0 Å². The van der Waals surface area contributed by atoms with Crippen LogP contribution < -0.4 is 10.1 Å². The standard InChI is InChI=1S/C25H32BNO5/c1-18-12-13-20(22(14-18)29-6)15-21(26-31-24(2,3)25(4,5)32-26)16-27-23(28)30-17-19-10-8-7-9-11-19/h7-15H,16-17H2,1-6H3,(H,27,28). The lowest BCUT2D eigenvalue weighted by Gasteiger charge is -2.32. The molecule has 32 heavy (non-hydrogen) atoms. The number of alkyl carbamates (subject to hydrolysis) is 1. The molecule has 2 aromatic carbocycles. The number of benzene rings is 2. The minimum absolute atomic E-state index is 0.202. The maximum absolute atomic E-state index is 12.3. The molecule has 170 valence electrons. The van der Waals surface area contributed by atoms with Crippen LogP contribution in [0, 0.1) is 6.92 Å². The molecule has 0 radical (unpaired) electrons. The second-order valence-corrected chi connectivity index (χ2v) is 8.97. The molecule has 0 atom stereocenters. The van der Waals surface area contributed by atoms with Crippen molar-refractivity contribution in [2.75, 3.05) is 13.7 Å². The highest BCUT2D eigenvalue weighted by atomic mass is 16.7. The van der Waals surface area contributed by atoms with E-state index in [1.165, 1.54) is 0 Å². The maximum Gasteiger partial charge on any atom is 0.492 e. The van der Waals surface area contributed by atoms with E-state index in [1.807, 2.05) is 89.2 Å². The van der Waals surface area contributed by atoms with Gasteiger partial charge in [-0.05, 0) is 57.3 Å². The summed E-state index contributed by atoms with van der Waals surface area (Å²) in [4.78, 5) is 12.3. The lowest BCUT2D eigenvalue weighted by molar-refractivity contribution is 0.00578. The molecular weight excluding hydrogens is 405 g/mol. The molecule has 0 bridgehead atoms. The Bertz CT molecular complexity index is 956. The average Bonchev–Trinajstić information content (AvgIpc) is 2.97. The number of methoxy groups -OCH3 is 1. The van der Waals surface area contributed by atoms with Crippen molar-refractivity contribution in [1.29, 1.82) is 0 Å². The summed E-state index contributed by atoms with van der Waals surface area (Å²) in [6, 6.07) is 15.5. The maximum atomic E-state index is 12.3. The van der Waals surface area contributed by atoms with E-state index < -0.39 is 24.4 Å². The van der Waals surface area contributed by atoms with E-state index in [0.29, 0.717) is 0 Å². The Morgan fingerprint density at radius 1 is 1.06 bits per heavy atom. The normalized spacial score (nSPS) is 17.2. The summed E-state index contributed by atoms with van der Waals surface area (Å²) in [6.07, 6.45) is 1.44. The monoisotopic (exact) mass is 437 g/mol. The minimum atomic E-state index is -0.611. The van der Waals surface area contributed by atoms with E-state index in [-0.39, 0.29) is 13.2 Å². The fourth-order valence-corrected chi connectivity index (χ4v) is 3.28. The predicted molar refractivity (Wildman–Crippen MR) is 126 cm³/mol. The largest absolute Gasteiger partial charge is 0.496 e. The van der Waals surface area contributed by atoms with Crippen LogP contribution in [0.3, 0.4) is 0 Å². The third-order valence-corrected chi connectivity index (χ3v) is 5.94. The molecular formula is C25H32BNO5. The molecule has 1 aliphatic rings. The van der Waals surface area contributed by atoms with Crippen LogP contribution in [-0.2, 0) is 20.7 Å². The highest BCUT2D eigenvalue weighted by Gasteiger charge is 2.52. The summed E-state index contributed by atoms with van der Waals surface area (Å²) in [7, 11) is 1.03. The molecule has 0 aromatic heterocycles. The Hall–Kier alpha value is -2.77. The molecule has 1 saturated heterocycles. The number of aryl methyl sites for hydroxylation is 1. The number of nitrogens with one attached hydrogen (secondary N) is 1. The van der Waals surface area contributed by atoms with Crippen LogP contribution in [-0.4, -0.2) is 38.1 Å². The van der Waals surface area contributed by atoms with Gasteiger partial charge < -0.3 is 24.1 Å². The molecule has 2 aromatic rings. The Balaban J connectivity index is 1.78. The summed E-state index contributed by atoms with van der Waals surface area (Å²) in [5.41, 5.74) is 2.67. The lowest BCUT2D eigenvalue weighted by atomic mass is 9.77. The Morgan fingerprint density at radius 3 is 2.34 bits per heavy atom. The van der Waals surface area contributed by atoms with E-state index in [1.54, 1.807) is 7.11 Å². The van der Waals surface area contributed by atoms with Gasteiger partial charge in [0.25, 0.3) is 0 Å². The third kappa shape index (κ3) is 5.72. The van der Waals surface area contributed by atoms with Crippen molar-refractivity contribution < 1.29 is 23.6 Å². The molecule has 0 aliphatic carbocycles. The molecule has 0 spiro atoms. The van der Waals surface area contributed by atoms with Crippen LogP contribution in [0.15, 0.2) is 54.0 Å². The van der Waals surface area contributed by atoms with Crippen molar-refractivity contribution >= 4 is 19.3 Å². The van der Waals surface area contributed by atoms with Crippen LogP contribution in [0.1, 0.15) is 44.4 Å². The van der Waals surface area contributed by atoms with Crippen LogP contribution >= 0.6 is 0 Å².